The summed E-state index contributed by atoms with van der Waals surface area (Å²) < 4.78 is 0. The molecule has 0 unspecified atom stereocenters. The fourth-order valence-corrected chi connectivity index (χ4v) is 1.94. The van der Waals surface area contributed by atoms with Gasteiger partial charge < -0.3 is 10.6 Å². The van der Waals surface area contributed by atoms with Gasteiger partial charge in [-0.05, 0) is 25.2 Å². The summed E-state index contributed by atoms with van der Waals surface area (Å²) in [4.78, 5) is 13.4. The molecule has 14 heavy (non-hydrogen) atoms. The van der Waals surface area contributed by atoms with E-state index in [0.717, 1.165) is 32.2 Å². The van der Waals surface area contributed by atoms with Crippen LogP contribution in [0.3, 0.4) is 0 Å². The number of rotatable bonds is 5. The van der Waals surface area contributed by atoms with E-state index in [0.29, 0.717) is 18.4 Å². The minimum Gasteiger partial charge on any atom is -0.345 e. The van der Waals surface area contributed by atoms with Crippen LogP contribution < -0.4 is 5.73 Å². The van der Waals surface area contributed by atoms with Crippen molar-refractivity contribution in [2.45, 2.75) is 45.1 Å². The Balaban J connectivity index is 2.14. The summed E-state index contributed by atoms with van der Waals surface area (Å²) >= 11 is 0. The maximum absolute atomic E-state index is 11.6. The van der Waals surface area contributed by atoms with Gasteiger partial charge >= 0.3 is 0 Å². The van der Waals surface area contributed by atoms with Gasteiger partial charge in [0.15, 0.2) is 0 Å². The molecule has 2 N–H and O–H groups in total. The number of carbonyl (C=O) groups excluding carboxylic acids is 1. The van der Waals surface area contributed by atoms with E-state index >= 15 is 0 Å². The maximum Gasteiger partial charge on any atom is 0.222 e. The second-order valence-corrected chi connectivity index (χ2v) is 4.48. The first kappa shape index (κ1) is 11.5. The van der Waals surface area contributed by atoms with Gasteiger partial charge in [-0.2, -0.15) is 0 Å². The van der Waals surface area contributed by atoms with Crippen LogP contribution in [0.15, 0.2) is 0 Å². The summed E-state index contributed by atoms with van der Waals surface area (Å²) in [5, 5.41) is 0. The zero-order valence-corrected chi connectivity index (χ0v) is 9.33. The highest BCUT2D eigenvalue weighted by atomic mass is 16.2. The predicted molar refractivity (Wildman–Crippen MR) is 57.9 cm³/mol. The molecule has 0 aromatic rings. The minimum absolute atomic E-state index is 0.285. The molecule has 3 heteroatoms. The Hall–Kier alpha value is -0.570. The summed E-state index contributed by atoms with van der Waals surface area (Å²) in [6, 6.07) is 0.388. The van der Waals surface area contributed by atoms with Crippen LogP contribution in [0.4, 0.5) is 0 Å². The number of amides is 1. The molecule has 82 valence electrons. The molecule has 1 fully saturated rings. The van der Waals surface area contributed by atoms with Gasteiger partial charge in [0.1, 0.15) is 0 Å². The first-order valence-electron chi connectivity index (χ1n) is 5.63. The number of unbranched alkanes of at least 4 members (excludes halogenated alkanes) is 1. The Labute approximate surface area is 86.6 Å². The molecule has 1 saturated carbocycles. The van der Waals surface area contributed by atoms with Crippen LogP contribution in [0.1, 0.15) is 39.0 Å². The molecule has 0 aromatic carbocycles. The fraction of sp³-hybridized carbons (Fsp3) is 0.909. The lowest BCUT2D eigenvalue weighted by Crippen LogP contribution is -2.43. The molecular formula is C11H22N2O. The van der Waals surface area contributed by atoms with Crippen molar-refractivity contribution in [3.8, 4) is 0 Å². The topological polar surface area (TPSA) is 46.3 Å². The standard InChI is InChI=1S/C11H22N2O/c1-3-4-5-11(14)13(2)8-9-6-10(12)7-9/h9-10H,3-8,12H2,1-2H3. The Morgan fingerprint density at radius 3 is 2.64 bits per heavy atom. The molecule has 1 aliphatic carbocycles. The van der Waals surface area contributed by atoms with Crippen LogP contribution in [-0.2, 0) is 4.79 Å². The van der Waals surface area contributed by atoms with E-state index in [4.69, 9.17) is 5.73 Å². The van der Waals surface area contributed by atoms with Crippen LogP contribution in [0.2, 0.25) is 0 Å². The third-order valence-electron chi connectivity index (χ3n) is 2.97. The number of hydrogen-bond donors (Lipinski definition) is 1. The number of hydrogen-bond acceptors (Lipinski definition) is 2. The van der Waals surface area contributed by atoms with Gasteiger partial charge in [0.2, 0.25) is 5.91 Å². The summed E-state index contributed by atoms with van der Waals surface area (Å²) in [6.07, 6.45) is 4.98. The molecule has 1 rings (SSSR count). The van der Waals surface area contributed by atoms with Gasteiger partial charge in [-0.15, -0.1) is 0 Å². The number of nitrogens with two attached hydrogens (primary N) is 1. The molecule has 3 nitrogen and oxygen atoms in total. The quantitative estimate of drug-likeness (QED) is 0.725. The molecule has 0 atom stereocenters. The monoisotopic (exact) mass is 198 g/mol. The molecular weight excluding hydrogens is 176 g/mol. The largest absolute Gasteiger partial charge is 0.345 e. The molecule has 0 aliphatic heterocycles. The molecule has 0 heterocycles. The highest BCUT2D eigenvalue weighted by Crippen LogP contribution is 2.26. The van der Waals surface area contributed by atoms with Crippen molar-refractivity contribution in [1.82, 2.24) is 4.90 Å². The third-order valence-corrected chi connectivity index (χ3v) is 2.97. The van der Waals surface area contributed by atoms with Crippen LogP contribution in [0, 0.1) is 5.92 Å². The van der Waals surface area contributed by atoms with Crippen molar-refractivity contribution >= 4 is 5.91 Å². The fourth-order valence-electron chi connectivity index (χ4n) is 1.94. The first-order valence-corrected chi connectivity index (χ1v) is 5.63. The van der Waals surface area contributed by atoms with Crippen LogP contribution in [0.5, 0.6) is 0 Å². The van der Waals surface area contributed by atoms with Gasteiger partial charge in [0, 0.05) is 26.1 Å². The number of carbonyl (C=O) groups is 1. The van der Waals surface area contributed by atoms with Crippen LogP contribution >= 0.6 is 0 Å². The van der Waals surface area contributed by atoms with E-state index in [-0.39, 0.29) is 5.91 Å². The van der Waals surface area contributed by atoms with Gasteiger partial charge in [0.25, 0.3) is 0 Å². The second-order valence-electron chi connectivity index (χ2n) is 4.48. The minimum atomic E-state index is 0.285. The lowest BCUT2D eigenvalue weighted by molar-refractivity contribution is -0.131. The predicted octanol–water partition coefficient (Wildman–Crippen LogP) is 1.37. The SMILES string of the molecule is CCCCC(=O)N(C)CC1CC(N)C1. The highest BCUT2D eigenvalue weighted by molar-refractivity contribution is 5.75. The molecule has 0 aromatic heterocycles. The molecule has 1 aliphatic rings. The van der Waals surface area contributed by atoms with Crippen LogP contribution in [-0.4, -0.2) is 30.4 Å². The highest BCUT2D eigenvalue weighted by Gasteiger charge is 2.27. The van der Waals surface area contributed by atoms with E-state index in [1.165, 1.54) is 0 Å². The van der Waals surface area contributed by atoms with Crippen LogP contribution in [0.25, 0.3) is 0 Å². The van der Waals surface area contributed by atoms with Crippen molar-refractivity contribution in [3.05, 3.63) is 0 Å². The van der Waals surface area contributed by atoms with E-state index in [1.807, 2.05) is 11.9 Å². The van der Waals surface area contributed by atoms with E-state index < -0.39 is 0 Å². The summed E-state index contributed by atoms with van der Waals surface area (Å²) in [5.74, 6) is 0.938. The van der Waals surface area contributed by atoms with Crippen molar-refractivity contribution in [1.29, 1.82) is 0 Å². The smallest absolute Gasteiger partial charge is 0.222 e. The molecule has 0 saturated heterocycles. The van der Waals surface area contributed by atoms with E-state index in [1.54, 1.807) is 0 Å². The lowest BCUT2D eigenvalue weighted by atomic mass is 9.80. The normalized spacial score (nSPS) is 25.6. The lowest BCUT2D eigenvalue weighted by Gasteiger charge is -2.35. The second kappa shape index (κ2) is 5.35. The average Bonchev–Trinajstić information content (AvgIpc) is 2.11. The summed E-state index contributed by atoms with van der Waals surface area (Å²) in [7, 11) is 1.90. The number of nitrogens with zero attached hydrogens (tertiary/aromatic N) is 1. The Kier molecular flexibility index (Phi) is 4.39. The van der Waals surface area contributed by atoms with E-state index in [9.17, 15) is 4.79 Å². The van der Waals surface area contributed by atoms with E-state index in [2.05, 4.69) is 6.92 Å². The zero-order valence-electron chi connectivity index (χ0n) is 9.33. The van der Waals surface area contributed by atoms with Gasteiger partial charge in [-0.25, -0.2) is 0 Å². The Morgan fingerprint density at radius 1 is 1.50 bits per heavy atom. The third kappa shape index (κ3) is 3.29. The average molecular weight is 198 g/mol. The molecule has 1 amide bonds. The zero-order chi connectivity index (χ0) is 10.6. The van der Waals surface area contributed by atoms with Gasteiger partial charge in [-0.1, -0.05) is 13.3 Å². The molecule has 0 bridgehead atoms. The van der Waals surface area contributed by atoms with Crippen molar-refractivity contribution in [2.24, 2.45) is 11.7 Å². The van der Waals surface area contributed by atoms with Gasteiger partial charge in [0.05, 0.1) is 0 Å². The summed E-state index contributed by atoms with van der Waals surface area (Å²) in [6.45, 7) is 3.01. The first-order chi connectivity index (χ1) is 6.63. The maximum atomic E-state index is 11.6. The molecule has 0 radical (unpaired) electrons. The summed E-state index contributed by atoms with van der Waals surface area (Å²) in [5.41, 5.74) is 5.70. The van der Waals surface area contributed by atoms with Gasteiger partial charge in [-0.3, -0.25) is 4.79 Å². The Morgan fingerprint density at radius 2 is 2.14 bits per heavy atom. The van der Waals surface area contributed by atoms with Crippen molar-refractivity contribution < 1.29 is 4.79 Å². The Bertz CT molecular complexity index is 188. The molecule has 0 spiro atoms. The van der Waals surface area contributed by atoms with Crippen molar-refractivity contribution in [2.75, 3.05) is 13.6 Å². The van der Waals surface area contributed by atoms with Crippen molar-refractivity contribution in [3.63, 3.8) is 0 Å².